The van der Waals surface area contributed by atoms with Gasteiger partial charge >= 0.3 is 6.09 Å². The van der Waals surface area contributed by atoms with Gasteiger partial charge in [0.05, 0.1) is 11.0 Å². The first kappa shape index (κ1) is 17.2. The summed E-state index contributed by atoms with van der Waals surface area (Å²) in [5.74, 6) is 0. The van der Waals surface area contributed by atoms with E-state index in [1.165, 1.54) is 18.4 Å². The number of para-hydroxylation sites is 2. The smallest absolute Gasteiger partial charge is 0.316 e. The van der Waals surface area contributed by atoms with Crippen LogP contribution >= 0.6 is 0 Å². The highest BCUT2D eigenvalue weighted by molar-refractivity contribution is 6.08. The number of aryl methyl sites for hydroxylation is 1. The third-order valence-electron chi connectivity index (χ3n) is 4.73. The Morgan fingerprint density at radius 2 is 1.48 bits per heavy atom. The van der Waals surface area contributed by atoms with Crippen molar-refractivity contribution in [3.8, 4) is 0 Å². The molecule has 4 heteroatoms. The van der Waals surface area contributed by atoms with Crippen LogP contribution < -0.4 is 10.2 Å². The number of carbonyl (C=O) groups excluding carboxylic acids is 1. The van der Waals surface area contributed by atoms with Crippen LogP contribution in [0.1, 0.15) is 25.3 Å². The van der Waals surface area contributed by atoms with Crippen LogP contribution in [0.5, 0.6) is 0 Å². The zero-order valence-electron chi connectivity index (χ0n) is 15.3. The van der Waals surface area contributed by atoms with Crippen LogP contribution in [0.2, 0.25) is 0 Å². The zero-order valence-corrected chi connectivity index (χ0v) is 15.3. The van der Waals surface area contributed by atoms with E-state index < -0.39 is 6.09 Å². The molecule has 1 aromatic heterocycles. The van der Waals surface area contributed by atoms with Crippen molar-refractivity contribution in [2.75, 3.05) is 5.32 Å². The minimum atomic E-state index is -0.511. The Bertz CT molecular complexity index is 1030. The van der Waals surface area contributed by atoms with Gasteiger partial charge in [0.1, 0.15) is 0 Å². The summed E-state index contributed by atoms with van der Waals surface area (Å²) in [4.78, 5) is 18.1. The summed E-state index contributed by atoms with van der Waals surface area (Å²) in [5, 5.41) is 4.92. The van der Waals surface area contributed by atoms with Crippen LogP contribution in [-0.2, 0) is 6.42 Å². The van der Waals surface area contributed by atoms with Crippen LogP contribution in [0.15, 0.2) is 72.8 Å². The summed E-state index contributed by atoms with van der Waals surface area (Å²) in [7, 11) is 0. The number of rotatable bonds is 5. The van der Waals surface area contributed by atoms with Gasteiger partial charge < -0.3 is 4.84 Å². The number of anilines is 1. The van der Waals surface area contributed by atoms with Crippen LogP contribution in [0, 0.1) is 0 Å². The molecule has 27 heavy (non-hydrogen) atoms. The van der Waals surface area contributed by atoms with Crippen molar-refractivity contribution in [1.82, 2.24) is 4.73 Å². The maximum absolute atomic E-state index is 12.5. The third-order valence-corrected chi connectivity index (χ3v) is 4.73. The summed E-state index contributed by atoms with van der Waals surface area (Å²) in [5.41, 5.74) is 3.73. The Labute approximate surface area is 158 Å². The first-order valence-corrected chi connectivity index (χ1v) is 9.32. The fourth-order valence-electron chi connectivity index (χ4n) is 3.34. The van der Waals surface area contributed by atoms with Crippen LogP contribution in [0.4, 0.5) is 10.5 Å². The average molecular weight is 358 g/mol. The molecule has 1 heterocycles. The normalized spacial score (nSPS) is 11.0. The number of hydrogen-bond acceptors (Lipinski definition) is 2. The van der Waals surface area contributed by atoms with Crippen molar-refractivity contribution >= 4 is 33.6 Å². The predicted octanol–water partition coefficient (Wildman–Crippen LogP) is 5.80. The lowest BCUT2D eigenvalue weighted by molar-refractivity contribution is 0.158. The minimum Gasteiger partial charge on any atom is -0.316 e. The highest BCUT2D eigenvalue weighted by Gasteiger charge is 2.13. The fraction of sp³-hybridized carbons (Fsp3) is 0.174. The SMILES string of the molecule is CCCCc1ccc(NC(=O)On2c3ccccc3c3ccccc32)cc1. The van der Waals surface area contributed by atoms with Crippen molar-refractivity contribution < 1.29 is 9.63 Å². The van der Waals surface area contributed by atoms with E-state index in [9.17, 15) is 4.79 Å². The molecule has 4 rings (SSSR count). The van der Waals surface area contributed by atoms with Gasteiger partial charge in [-0.3, -0.25) is 5.32 Å². The molecule has 1 N–H and O–H groups in total. The number of unbranched alkanes of at least 4 members (excludes halogenated alkanes) is 1. The van der Waals surface area contributed by atoms with Crippen molar-refractivity contribution in [2.45, 2.75) is 26.2 Å². The predicted molar refractivity (Wildman–Crippen MR) is 110 cm³/mol. The first-order chi connectivity index (χ1) is 13.3. The van der Waals surface area contributed by atoms with Crippen molar-refractivity contribution in [3.05, 3.63) is 78.4 Å². The molecule has 0 unspecified atom stereocenters. The number of nitrogens with zero attached hydrogens (tertiary/aromatic N) is 1. The molecular formula is C23H22N2O2. The third kappa shape index (κ3) is 3.51. The van der Waals surface area contributed by atoms with Crippen LogP contribution in [-0.4, -0.2) is 10.8 Å². The minimum absolute atomic E-state index is 0.511. The Morgan fingerprint density at radius 1 is 0.889 bits per heavy atom. The average Bonchev–Trinajstić information content (AvgIpc) is 3.02. The molecule has 3 aromatic carbocycles. The van der Waals surface area contributed by atoms with Crippen LogP contribution in [0.3, 0.4) is 0 Å². The summed E-state index contributed by atoms with van der Waals surface area (Å²) in [6.07, 6.45) is 2.89. The van der Waals surface area contributed by atoms with E-state index in [2.05, 4.69) is 12.2 Å². The van der Waals surface area contributed by atoms with E-state index in [4.69, 9.17) is 4.84 Å². The molecular weight excluding hydrogens is 336 g/mol. The van der Waals surface area contributed by atoms with E-state index in [1.54, 1.807) is 4.73 Å². The molecule has 0 radical (unpaired) electrons. The maximum Gasteiger partial charge on any atom is 0.436 e. The monoisotopic (exact) mass is 358 g/mol. The van der Waals surface area contributed by atoms with E-state index in [0.29, 0.717) is 0 Å². The molecule has 0 aliphatic rings. The Balaban J connectivity index is 1.56. The van der Waals surface area contributed by atoms with Gasteiger partial charge in [-0.1, -0.05) is 61.9 Å². The summed E-state index contributed by atoms with van der Waals surface area (Å²) in [6.45, 7) is 2.18. The van der Waals surface area contributed by atoms with Crippen LogP contribution in [0.25, 0.3) is 21.8 Å². The van der Waals surface area contributed by atoms with E-state index >= 15 is 0 Å². The number of fused-ring (bicyclic) bond motifs is 3. The molecule has 0 spiro atoms. The van der Waals surface area contributed by atoms with Gasteiger partial charge in [0.2, 0.25) is 0 Å². The second-order valence-electron chi connectivity index (χ2n) is 6.63. The number of hydrogen-bond donors (Lipinski definition) is 1. The topological polar surface area (TPSA) is 43.3 Å². The molecule has 0 bridgehead atoms. The van der Waals surface area contributed by atoms with Gasteiger partial charge in [-0.25, -0.2) is 4.79 Å². The van der Waals surface area contributed by atoms with Crippen molar-refractivity contribution in [1.29, 1.82) is 0 Å². The first-order valence-electron chi connectivity index (χ1n) is 9.32. The van der Waals surface area contributed by atoms with Gasteiger partial charge in [-0.05, 0) is 42.7 Å². The number of aromatic nitrogens is 1. The number of nitrogens with one attached hydrogen (secondary N) is 1. The standard InChI is InChI=1S/C23H22N2O2/c1-2-3-8-17-13-15-18(16-14-17)24-23(26)27-25-21-11-6-4-9-19(21)20-10-5-7-12-22(20)25/h4-7,9-16H,2-3,8H2,1H3,(H,24,26). The molecule has 0 fully saturated rings. The van der Waals surface area contributed by atoms with E-state index in [0.717, 1.165) is 33.9 Å². The molecule has 4 nitrogen and oxygen atoms in total. The van der Waals surface area contributed by atoms with Gasteiger partial charge in [0.15, 0.2) is 0 Å². The summed E-state index contributed by atoms with van der Waals surface area (Å²) >= 11 is 0. The van der Waals surface area contributed by atoms with Gasteiger partial charge in [-0.2, -0.15) is 4.73 Å². The number of benzene rings is 3. The van der Waals surface area contributed by atoms with E-state index in [1.807, 2.05) is 72.8 Å². The quantitative estimate of drug-likeness (QED) is 0.490. The summed E-state index contributed by atoms with van der Waals surface area (Å²) in [6, 6.07) is 23.7. The molecule has 0 aliphatic heterocycles. The highest BCUT2D eigenvalue weighted by atomic mass is 16.7. The highest BCUT2D eigenvalue weighted by Crippen LogP contribution is 2.27. The second kappa shape index (κ2) is 7.54. The Kier molecular flexibility index (Phi) is 4.79. The zero-order chi connectivity index (χ0) is 18.6. The molecule has 1 amide bonds. The summed E-state index contributed by atoms with van der Waals surface area (Å²) < 4.78 is 1.59. The van der Waals surface area contributed by atoms with Gasteiger partial charge in [0, 0.05) is 16.5 Å². The maximum atomic E-state index is 12.5. The Hall–Kier alpha value is -3.27. The number of carbonyl (C=O) groups is 1. The lowest BCUT2D eigenvalue weighted by atomic mass is 10.1. The largest absolute Gasteiger partial charge is 0.436 e. The molecule has 136 valence electrons. The lowest BCUT2D eigenvalue weighted by Crippen LogP contribution is -2.24. The van der Waals surface area contributed by atoms with Gasteiger partial charge in [-0.15, -0.1) is 0 Å². The molecule has 0 saturated carbocycles. The van der Waals surface area contributed by atoms with Crippen molar-refractivity contribution in [3.63, 3.8) is 0 Å². The van der Waals surface area contributed by atoms with Crippen molar-refractivity contribution in [2.24, 2.45) is 0 Å². The molecule has 0 atom stereocenters. The molecule has 0 aliphatic carbocycles. The molecule has 4 aromatic rings. The number of amides is 1. The van der Waals surface area contributed by atoms with E-state index in [-0.39, 0.29) is 0 Å². The lowest BCUT2D eigenvalue weighted by Gasteiger charge is -2.10. The Morgan fingerprint density at radius 3 is 2.07 bits per heavy atom. The fourth-order valence-corrected chi connectivity index (χ4v) is 3.34. The van der Waals surface area contributed by atoms with Gasteiger partial charge in [0.25, 0.3) is 0 Å². The molecule has 0 saturated heterocycles. The second-order valence-corrected chi connectivity index (χ2v) is 6.63.